The molecule has 1 fully saturated rings. The molecule has 0 spiro atoms. The molecule has 0 N–H and O–H groups in total. The summed E-state index contributed by atoms with van der Waals surface area (Å²) in [7, 11) is -3.82. The SMILES string of the molecule is Cc1ccccc1Oc1nc(N2CCOCC2)nc2c1CN(S(=O)(=O)c1ccc(F)cc1)CC2. The summed E-state index contributed by atoms with van der Waals surface area (Å²) in [6.07, 6.45) is 0.416. The molecule has 8 nitrogen and oxygen atoms in total. The number of aryl methyl sites for hydroxylation is 1. The predicted molar refractivity (Wildman–Crippen MR) is 124 cm³/mol. The van der Waals surface area contributed by atoms with E-state index in [1.165, 1.54) is 16.4 Å². The van der Waals surface area contributed by atoms with E-state index < -0.39 is 15.8 Å². The van der Waals surface area contributed by atoms with Gasteiger partial charge in [-0.2, -0.15) is 9.29 Å². The largest absolute Gasteiger partial charge is 0.438 e. The minimum absolute atomic E-state index is 0.0459. The molecule has 10 heteroatoms. The molecule has 1 saturated heterocycles. The number of hydrogen-bond donors (Lipinski definition) is 0. The van der Waals surface area contributed by atoms with E-state index in [2.05, 4.69) is 4.90 Å². The van der Waals surface area contributed by atoms with Crippen molar-refractivity contribution in [3.05, 3.63) is 71.2 Å². The van der Waals surface area contributed by atoms with Gasteiger partial charge in [-0.1, -0.05) is 18.2 Å². The number of morpholine rings is 1. The zero-order valence-corrected chi connectivity index (χ0v) is 19.6. The Morgan fingerprint density at radius 1 is 1.00 bits per heavy atom. The fourth-order valence-corrected chi connectivity index (χ4v) is 5.48. The van der Waals surface area contributed by atoms with Gasteiger partial charge in [0.15, 0.2) is 0 Å². The summed E-state index contributed by atoms with van der Waals surface area (Å²) < 4.78 is 52.9. The lowest BCUT2D eigenvalue weighted by Crippen LogP contribution is -2.39. The molecular weight excluding hydrogens is 459 g/mol. The second-order valence-electron chi connectivity index (χ2n) is 8.26. The molecule has 2 aliphatic heterocycles. The number of para-hydroxylation sites is 1. The summed E-state index contributed by atoms with van der Waals surface area (Å²) in [6, 6.07) is 12.5. The Labute approximate surface area is 198 Å². The first kappa shape index (κ1) is 22.7. The quantitative estimate of drug-likeness (QED) is 0.549. The van der Waals surface area contributed by atoms with Crippen LogP contribution < -0.4 is 9.64 Å². The lowest BCUT2D eigenvalue weighted by molar-refractivity contribution is 0.122. The second-order valence-corrected chi connectivity index (χ2v) is 10.2. The number of aromatic nitrogens is 2. The van der Waals surface area contributed by atoms with Crippen molar-refractivity contribution in [2.24, 2.45) is 0 Å². The van der Waals surface area contributed by atoms with Crippen LogP contribution in [0.25, 0.3) is 0 Å². The molecule has 178 valence electrons. The Kier molecular flexibility index (Phi) is 6.20. The van der Waals surface area contributed by atoms with Crippen molar-refractivity contribution in [2.75, 3.05) is 37.7 Å². The second kappa shape index (κ2) is 9.28. The van der Waals surface area contributed by atoms with Gasteiger partial charge in [-0.05, 0) is 42.8 Å². The maximum absolute atomic E-state index is 13.3. The number of anilines is 1. The summed E-state index contributed by atoms with van der Waals surface area (Å²) in [5, 5.41) is 0. The summed E-state index contributed by atoms with van der Waals surface area (Å²) in [6.45, 7) is 4.81. The predicted octanol–water partition coefficient (Wildman–Crippen LogP) is 3.30. The smallest absolute Gasteiger partial charge is 0.243 e. The molecule has 0 unspecified atom stereocenters. The first-order chi connectivity index (χ1) is 16.4. The van der Waals surface area contributed by atoms with E-state index in [0.29, 0.717) is 55.9 Å². The minimum atomic E-state index is -3.82. The minimum Gasteiger partial charge on any atom is -0.438 e. The Hall–Kier alpha value is -3.08. The number of sulfonamides is 1. The monoisotopic (exact) mass is 484 g/mol. The normalized spacial score (nSPS) is 16.8. The molecule has 34 heavy (non-hydrogen) atoms. The zero-order chi connectivity index (χ0) is 23.7. The number of fused-ring (bicyclic) bond motifs is 1. The van der Waals surface area contributed by atoms with E-state index in [-0.39, 0.29) is 18.0 Å². The number of rotatable bonds is 5. The molecule has 0 saturated carbocycles. The standard InChI is InChI=1S/C24H25FN4O4S/c1-17-4-2-3-5-22(17)33-23-20-16-29(34(30,31)19-8-6-18(25)7-9-19)11-10-21(20)26-24(27-23)28-12-14-32-15-13-28/h2-9H,10-16H2,1H3. The molecule has 3 heterocycles. The summed E-state index contributed by atoms with van der Waals surface area (Å²) in [5.74, 6) is 1.07. The number of nitrogens with zero attached hydrogens (tertiary/aromatic N) is 4. The highest BCUT2D eigenvalue weighted by Gasteiger charge is 2.32. The van der Waals surface area contributed by atoms with Crippen molar-refractivity contribution >= 4 is 16.0 Å². The molecule has 1 aromatic heterocycles. The Morgan fingerprint density at radius 3 is 2.47 bits per heavy atom. The van der Waals surface area contributed by atoms with Gasteiger partial charge in [0.1, 0.15) is 11.6 Å². The van der Waals surface area contributed by atoms with Crippen LogP contribution in [-0.4, -0.2) is 55.5 Å². The van der Waals surface area contributed by atoms with Gasteiger partial charge in [-0.3, -0.25) is 0 Å². The third kappa shape index (κ3) is 4.48. The number of hydrogen-bond acceptors (Lipinski definition) is 7. The van der Waals surface area contributed by atoms with Gasteiger partial charge in [0.2, 0.25) is 21.9 Å². The fourth-order valence-electron chi connectivity index (χ4n) is 4.07. The molecule has 0 aliphatic carbocycles. The van der Waals surface area contributed by atoms with Crippen LogP contribution in [-0.2, 0) is 27.7 Å². The topological polar surface area (TPSA) is 84.9 Å². The number of ether oxygens (including phenoxy) is 2. The summed E-state index contributed by atoms with van der Waals surface area (Å²) in [4.78, 5) is 11.6. The molecule has 0 atom stereocenters. The molecule has 0 amide bonds. The maximum Gasteiger partial charge on any atom is 0.243 e. The van der Waals surface area contributed by atoms with Crippen molar-refractivity contribution in [3.63, 3.8) is 0 Å². The van der Waals surface area contributed by atoms with Crippen molar-refractivity contribution in [1.82, 2.24) is 14.3 Å². The van der Waals surface area contributed by atoms with Gasteiger partial charge < -0.3 is 14.4 Å². The van der Waals surface area contributed by atoms with Gasteiger partial charge in [0.25, 0.3) is 0 Å². The van der Waals surface area contributed by atoms with Gasteiger partial charge >= 0.3 is 0 Å². The van der Waals surface area contributed by atoms with E-state index >= 15 is 0 Å². The Morgan fingerprint density at radius 2 is 1.74 bits per heavy atom. The average Bonchev–Trinajstić information content (AvgIpc) is 2.86. The van der Waals surface area contributed by atoms with E-state index in [0.717, 1.165) is 23.4 Å². The highest BCUT2D eigenvalue weighted by atomic mass is 32.2. The fraction of sp³-hybridized carbons (Fsp3) is 0.333. The van der Waals surface area contributed by atoms with Crippen molar-refractivity contribution in [2.45, 2.75) is 24.8 Å². The third-order valence-electron chi connectivity index (χ3n) is 6.02. The van der Waals surface area contributed by atoms with Crippen LogP contribution >= 0.6 is 0 Å². The zero-order valence-electron chi connectivity index (χ0n) is 18.8. The van der Waals surface area contributed by atoms with Crippen LogP contribution in [0, 0.1) is 12.7 Å². The van der Waals surface area contributed by atoms with Crippen LogP contribution in [0.2, 0.25) is 0 Å². The van der Waals surface area contributed by atoms with Gasteiger partial charge in [0.05, 0.1) is 29.4 Å². The van der Waals surface area contributed by atoms with E-state index in [1.54, 1.807) is 0 Å². The van der Waals surface area contributed by atoms with E-state index in [9.17, 15) is 12.8 Å². The molecule has 0 radical (unpaired) electrons. The summed E-state index contributed by atoms with van der Waals surface area (Å²) >= 11 is 0. The van der Waals surface area contributed by atoms with Crippen LogP contribution in [0.4, 0.5) is 10.3 Å². The van der Waals surface area contributed by atoms with E-state index in [1.807, 2.05) is 31.2 Å². The lowest BCUT2D eigenvalue weighted by atomic mass is 10.1. The molecule has 5 rings (SSSR count). The Balaban J connectivity index is 1.52. The van der Waals surface area contributed by atoms with Crippen LogP contribution in [0.15, 0.2) is 53.4 Å². The third-order valence-corrected chi connectivity index (χ3v) is 7.88. The van der Waals surface area contributed by atoms with Crippen molar-refractivity contribution in [1.29, 1.82) is 0 Å². The van der Waals surface area contributed by atoms with Crippen molar-refractivity contribution in [3.8, 4) is 11.6 Å². The highest BCUT2D eigenvalue weighted by molar-refractivity contribution is 7.89. The molecule has 0 bridgehead atoms. The molecule has 2 aliphatic rings. The highest BCUT2D eigenvalue weighted by Crippen LogP contribution is 2.34. The van der Waals surface area contributed by atoms with Crippen LogP contribution in [0.1, 0.15) is 16.8 Å². The lowest BCUT2D eigenvalue weighted by Gasteiger charge is -2.31. The van der Waals surface area contributed by atoms with Crippen LogP contribution in [0.5, 0.6) is 11.6 Å². The summed E-state index contributed by atoms with van der Waals surface area (Å²) in [5.41, 5.74) is 2.34. The first-order valence-electron chi connectivity index (χ1n) is 11.1. The van der Waals surface area contributed by atoms with Crippen LogP contribution in [0.3, 0.4) is 0 Å². The van der Waals surface area contributed by atoms with E-state index in [4.69, 9.17) is 19.4 Å². The van der Waals surface area contributed by atoms with Gasteiger partial charge in [-0.15, -0.1) is 0 Å². The maximum atomic E-state index is 13.3. The molecule has 3 aromatic rings. The number of benzene rings is 2. The average molecular weight is 485 g/mol. The van der Waals surface area contributed by atoms with Crippen molar-refractivity contribution < 1.29 is 22.3 Å². The van der Waals surface area contributed by atoms with Gasteiger partial charge in [0, 0.05) is 32.6 Å². The van der Waals surface area contributed by atoms with Gasteiger partial charge in [-0.25, -0.2) is 17.8 Å². The number of halogens is 1. The Bertz CT molecular complexity index is 1290. The first-order valence-corrected chi connectivity index (χ1v) is 12.6. The molecular formula is C24H25FN4O4S. The molecule has 2 aromatic carbocycles.